The normalized spacial score (nSPS) is 19.9. The van der Waals surface area contributed by atoms with Crippen LogP contribution in [0, 0.1) is 6.92 Å². The molecule has 0 aromatic carbocycles. The summed E-state index contributed by atoms with van der Waals surface area (Å²) in [4.78, 5) is 11.0. The lowest BCUT2D eigenvalue weighted by Gasteiger charge is -2.20. The number of aromatic nitrogens is 1. The van der Waals surface area contributed by atoms with Gasteiger partial charge in [0.1, 0.15) is 5.76 Å². The van der Waals surface area contributed by atoms with E-state index in [1.807, 2.05) is 0 Å². The second kappa shape index (κ2) is 3.34. The van der Waals surface area contributed by atoms with Gasteiger partial charge in [-0.25, -0.2) is 4.79 Å². The molecule has 1 aromatic rings. The number of carboxylic acid groups (broad SMARTS) is 1. The van der Waals surface area contributed by atoms with Crippen LogP contribution in [0.1, 0.15) is 24.2 Å². The highest BCUT2D eigenvalue weighted by Gasteiger charge is 2.56. The van der Waals surface area contributed by atoms with E-state index in [1.165, 1.54) is 7.11 Å². The molecular weight excluding hydrogens is 198 g/mol. The number of rotatable bonds is 4. The highest BCUT2D eigenvalue weighted by atomic mass is 16.5. The first kappa shape index (κ1) is 10.2. The number of carboxylic acids is 1. The zero-order chi connectivity index (χ0) is 11.1. The van der Waals surface area contributed by atoms with Crippen molar-refractivity contribution in [3.05, 3.63) is 17.5 Å². The van der Waals surface area contributed by atoms with Crippen molar-refractivity contribution in [2.24, 2.45) is 0 Å². The van der Waals surface area contributed by atoms with Gasteiger partial charge in [-0.05, 0) is 19.8 Å². The Balaban J connectivity index is 2.35. The maximum Gasteiger partial charge on any atom is 0.333 e. The van der Waals surface area contributed by atoms with Gasteiger partial charge in [-0.3, -0.25) is 0 Å². The van der Waals surface area contributed by atoms with Crippen LogP contribution in [0.25, 0.3) is 0 Å². The van der Waals surface area contributed by atoms with E-state index in [0.29, 0.717) is 5.76 Å². The largest absolute Gasteiger partial charge is 0.479 e. The third-order valence-corrected chi connectivity index (χ3v) is 3.04. The third-order valence-electron chi connectivity index (χ3n) is 3.04. The monoisotopic (exact) mass is 211 g/mol. The molecule has 0 bridgehead atoms. The number of aryl methyl sites for hydroxylation is 1. The molecule has 15 heavy (non-hydrogen) atoms. The van der Waals surface area contributed by atoms with Crippen molar-refractivity contribution in [3.63, 3.8) is 0 Å². The van der Waals surface area contributed by atoms with Crippen molar-refractivity contribution >= 4 is 5.97 Å². The molecule has 5 heteroatoms. The summed E-state index contributed by atoms with van der Waals surface area (Å²) in [5, 5.41) is 12.7. The molecule has 82 valence electrons. The third kappa shape index (κ3) is 1.43. The van der Waals surface area contributed by atoms with Crippen LogP contribution in [0.3, 0.4) is 0 Å². The molecule has 1 N–H and O–H groups in total. The Labute approximate surface area is 87.0 Å². The van der Waals surface area contributed by atoms with E-state index in [9.17, 15) is 4.79 Å². The fraction of sp³-hybridized carbons (Fsp3) is 0.600. The number of carbonyl (C=O) groups is 1. The highest BCUT2D eigenvalue weighted by Crippen LogP contribution is 2.52. The second-order valence-corrected chi connectivity index (χ2v) is 3.91. The minimum absolute atomic E-state index is 0.426. The van der Waals surface area contributed by atoms with Crippen molar-refractivity contribution < 1.29 is 19.2 Å². The van der Waals surface area contributed by atoms with Crippen LogP contribution >= 0.6 is 0 Å². The molecule has 1 saturated carbocycles. The Morgan fingerprint density at radius 1 is 1.73 bits per heavy atom. The predicted molar refractivity (Wildman–Crippen MR) is 50.6 cm³/mol. The van der Waals surface area contributed by atoms with Gasteiger partial charge in [0.25, 0.3) is 0 Å². The molecule has 0 aliphatic heterocycles. The Morgan fingerprint density at radius 3 is 2.73 bits per heavy atom. The average molecular weight is 211 g/mol. The van der Waals surface area contributed by atoms with Gasteiger partial charge in [0.15, 0.2) is 6.10 Å². The van der Waals surface area contributed by atoms with Crippen LogP contribution in [0.15, 0.2) is 10.7 Å². The average Bonchev–Trinajstić information content (AvgIpc) is 2.83. The molecule has 0 amide bonds. The smallest absolute Gasteiger partial charge is 0.333 e. The summed E-state index contributed by atoms with van der Waals surface area (Å²) < 4.78 is 10.0. The molecule has 1 fully saturated rings. The summed E-state index contributed by atoms with van der Waals surface area (Å²) >= 11 is 0. The van der Waals surface area contributed by atoms with E-state index >= 15 is 0 Å². The zero-order valence-electron chi connectivity index (χ0n) is 8.69. The number of hydrogen-bond donors (Lipinski definition) is 1. The lowest BCUT2D eigenvalue weighted by molar-refractivity contribution is -0.150. The standard InChI is InChI=1S/C10H13NO4/c1-6-7(5-11-15-6)10(3-4-10)8(14-2)9(12)13/h5,8H,3-4H2,1-2H3,(H,12,13). The molecule has 1 unspecified atom stereocenters. The van der Waals surface area contributed by atoms with E-state index in [2.05, 4.69) is 5.16 Å². The molecule has 0 radical (unpaired) electrons. The fourth-order valence-electron chi connectivity index (χ4n) is 2.15. The number of methoxy groups -OCH3 is 1. The Kier molecular flexibility index (Phi) is 2.26. The van der Waals surface area contributed by atoms with E-state index in [0.717, 1.165) is 18.4 Å². The van der Waals surface area contributed by atoms with Crippen molar-refractivity contribution in [2.45, 2.75) is 31.3 Å². The SMILES string of the molecule is COC(C(=O)O)C1(c2cnoc2C)CC1. The van der Waals surface area contributed by atoms with E-state index in [4.69, 9.17) is 14.4 Å². The van der Waals surface area contributed by atoms with Crippen LogP contribution in [0.5, 0.6) is 0 Å². The van der Waals surface area contributed by atoms with Gasteiger partial charge in [0, 0.05) is 18.1 Å². The van der Waals surface area contributed by atoms with Gasteiger partial charge in [-0.1, -0.05) is 5.16 Å². The lowest BCUT2D eigenvalue weighted by atomic mass is 9.90. The first-order valence-electron chi connectivity index (χ1n) is 4.79. The lowest BCUT2D eigenvalue weighted by Crippen LogP contribution is -2.36. The van der Waals surface area contributed by atoms with Gasteiger partial charge in [0.2, 0.25) is 0 Å². The Morgan fingerprint density at radius 2 is 2.40 bits per heavy atom. The molecular formula is C10H13NO4. The minimum atomic E-state index is -0.935. The highest BCUT2D eigenvalue weighted by molar-refractivity contribution is 5.76. The van der Waals surface area contributed by atoms with Gasteiger partial charge < -0.3 is 14.4 Å². The Hall–Kier alpha value is -1.36. The first-order chi connectivity index (χ1) is 7.12. The number of ether oxygens (including phenoxy) is 1. The summed E-state index contributed by atoms with van der Waals surface area (Å²) in [6.07, 6.45) is 2.40. The summed E-state index contributed by atoms with van der Waals surface area (Å²) in [7, 11) is 1.42. The minimum Gasteiger partial charge on any atom is -0.479 e. The topological polar surface area (TPSA) is 72.6 Å². The summed E-state index contributed by atoms with van der Waals surface area (Å²) in [5.74, 6) is -0.258. The summed E-state index contributed by atoms with van der Waals surface area (Å²) in [6, 6.07) is 0. The van der Waals surface area contributed by atoms with Gasteiger partial charge >= 0.3 is 5.97 Å². The van der Waals surface area contributed by atoms with Crippen molar-refractivity contribution in [2.75, 3.05) is 7.11 Å². The molecule has 1 aromatic heterocycles. The maximum absolute atomic E-state index is 11.0. The van der Waals surface area contributed by atoms with Crippen molar-refractivity contribution in [3.8, 4) is 0 Å². The number of nitrogens with zero attached hydrogens (tertiary/aromatic N) is 1. The van der Waals surface area contributed by atoms with Crippen molar-refractivity contribution in [1.29, 1.82) is 0 Å². The first-order valence-corrected chi connectivity index (χ1v) is 4.79. The molecule has 0 saturated heterocycles. The molecule has 1 atom stereocenters. The van der Waals surface area contributed by atoms with Gasteiger partial charge in [0.05, 0.1) is 6.20 Å². The van der Waals surface area contributed by atoms with Crippen molar-refractivity contribution in [1.82, 2.24) is 5.16 Å². The Bertz CT molecular complexity index is 381. The second-order valence-electron chi connectivity index (χ2n) is 3.91. The van der Waals surface area contributed by atoms with Crippen LogP contribution in [-0.4, -0.2) is 29.4 Å². The van der Waals surface area contributed by atoms with Crippen LogP contribution in [-0.2, 0) is 14.9 Å². The van der Waals surface area contributed by atoms with E-state index < -0.39 is 17.5 Å². The summed E-state index contributed by atoms with van der Waals surface area (Å²) in [5.41, 5.74) is 0.432. The van der Waals surface area contributed by atoms with E-state index in [-0.39, 0.29) is 0 Å². The maximum atomic E-state index is 11.0. The molecule has 5 nitrogen and oxygen atoms in total. The van der Waals surface area contributed by atoms with Crippen LogP contribution in [0.4, 0.5) is 0 Å². The molecule has 1 heterocycles. The van der Waals surface area contributed by atoms with Crippen LogP contribution in [0.2, 0.25) is 0 Å². The molecule has 1 aliphatic carbocycles. The predicted octanol–water partition coefficient (Wildman–Crippen LogP) is 1.11. The molecule has 2 rings (SSSR count). The van der Waals surface area contributed by atoms with E-state index in [1.54, 1.807) is 13.1 Å². The van der Waals surface area contributed by atoms with Crippen LogP contribution < -0.4 is 0 Å². The van der Waals surface area contributed by atoms with Gasteiger partial charge in [-0.2, -0.15) is 0 Å². The fourth-order valence-corrected chi connectivity index (χ4v) is 2.15. The quantitative estimate of drug-likeness (QED) is 0.807. The zero-order valence-corrected chi connectivity index (χ0v) is 8.69. The van der Waals surface area contributed by atoms with Gasteiger partial charge in [-0.15, -0.1) is 0 Å². The number of hydrogen-bond acceptors (Lipinski definition) is 4. The summed E-state index contributed by atoms with van der Waals surface area (Å²) in [6.45, 7) is 1.79. The number of aliphatic carboxylic acids is 1. The molecule has 1 aliphatic rings. The molecule has 0 spiro atoms.